The van der Waals surface area contributed by atoms with Crippen LogP contribution in [0.2, 0.25) is 0 Å². The van der Waals surface area contributed by atoms with Crippen LogP contribution in [0.1, 0.15) is 21.5 Å². The first-order valence-corrected chi connectivity index (χ1v) is 6.98. The van der Waals surface area contributed by atoms with Crippen LogP contribution in [0.3, 0.4) is 0 Å². The molecule has 0 saturated heterocycles. The van der Waals surface area contributed by atoms with Crippen molar-refractivity contribution in [3.05, 3.63) is 59.2 Å². The van der Waals surface area contributed by atoms with Crippen molar-refractivity contribution in [2.75, 3.05) is 12.8 Å². The van der Waals surface area contributed by atoms with E-state index in [4.69, 9.17) is 10.5 Å². The van der Waals surface area contributed by atoms with Crippen LogP contribution in [0.5, 0.6) is 5.75 Å². The van der Waals surface area contributed by atoms with E-state index in [0.29, 0.717) is 17.0 Å². The summed E-state index contributed by atoms with van der Waals surface area (Å²) in [5.74, 6) is 0.480. The number of benzene rings is 2. The maximum Gasteiger partial charge on any atom is 0.251 e. The number of nitrogen functional groups attached to an aromatic ring is 1. The van der Waals surface area contributed by atoms with Crippen LogP contribution in [0, 0.1) is 0 Å². The number of anilines is 1. The molecule has 0 heterocycles. The lowest BCUT2D eigenvalue weighted by atomic mass is 10.1. The molecule has 0 radical (unpaired) electrons. The second kappa shape index (κ2) is 5.48. The second-order valence-corrected chi connectivity index (χ2v) is 5.34. The number of carbonyl (C=O) groups is 1. The minimum atomic E-state index is -0.113. The molecule has 4 nitrogen and oxygen atoms in total. The van der Waals surface area contributed by atoms with Crippen molar-refractivity contribution in [2.24, 2.45) is 0 Å². The van der Waals surface area contributed by atoms with Gasteiger partial charge in [-0.2, -0.15) is 0 Å². The summed E-state index contributed by atoms with van der Waals surface area (Å²) in [5.41, 5.74) is 9.47. The van der Waals surface area contributed by atoms with Gasteiger partial charge in [-0.3, -0.25) is 4.79 Å². The van der Waals surface area contributed by atoms with Crippen LogP contribution >= 0.6 is 0 Å². The Hall–Kier alpha value is -2.49. The molecule has 0 bridgehead atoms. The smallest absolute Gasteiger partial charge is 0.251 e. The minimum absolute atomic E-state index is 0.113. The Morgan fingerprint density at radius 1 is 1.19 bits per heavy atom. The highest BCUT2D eigenvalue weighted by molar-refractivity contribution is 5.95. The third-order valence-electron chi connectivity index (χ3n) is 3.81. The maximum absolute atomic E-state index is 12.3. The highest BCUT2D eigenvalue weighted by Gasteiger charge is 2.23. The van der Waals surface area contributed by atoms with Gasteiger partial charge in [-0.05, 0) is 36.1 Å². The zero-order valence-electron chi connectivity index (χ0n) is 11.9. The lowest BCUT2D eigenvalue weighted by Crippen LogP contribution is -2.35. The molecule has 3 N–H and O–H groups in total. The van der Waals surface area contributed by atoms with Crippen LogP contribution in [0.15, 0.2) is 42.5 Å². The van der Waals surface area contributed by atoms with Crippen LogP contribution in [-0.2, 0) is 12.8 Å². The summed E-state index contributed by atoms with van der Waals surface area (Å²) in [5, 5.41) is 3.07. The molecule has 21 heavy (non-hydrogen) atoms. The Kier molecular flexibility index (Phi) is 3.52. The molecule has 0 aliphatic heterocycles. The number of ether oxygens (including phenoxy) is 1. The number of hydrogen-bond donors (Lipinski definition) is 2. The van der Waals surface area contributed by atoms with Gasteiger partial charge in [0.2, 0.25) is 0 Å². The first-order valence-electron chi connectivity index (χ1n) is 6.98. The Morgan fingerprint density at radius 3 is 2.48 bits per heavy atom. The third-order valence-corrected chi connectivity index (χ3v) is 3.81. The fraction of sp³-hybridized carbons (Fsp3) is 0.235. The quantitative estimate of drug-likeness (QED) is 0.848. The first-order chi connectivity index (χ1) is 10.2. The lowest BCUT2D eigenvalue weighted by molar-refractivity contribution is 0.0938. The topological polar surface area (TPSA) is 64.3 Å². The van der Waals surface area contributed by atoms with Gasteiger partial charge in [0.25, 0.3) is 5.91 Å². The standard InChI is InChI=1S/C17H18N2O2/c1-21-16-9-13(6-14(18)10-16)17(20)19-15-7-11-4-2-3-5-12(11)8-15/h2-6,9-10,15H,7-8,18H2,1H3,(H,19,20). The molecule has 1 aliphatic carbocycles. The molecule has 2 aromatic rings. The van der Waals surface area contributed by atoms with E-state index in [-0.39, 0.29) is 11.9 Å². The van der Waals surface area contributed by atoms with Gasteiger partial charge in [0, 0.05) is 23.4 Å². The molecule has 1 aliphatic rings. The number of hydrogen-bond acceptors (Lipinski definition) is 3. The number of rotatable bonds is 3. The van der Waals surface area contributed by atoms with Gasteiger partial charge >= 0.3 is 0 Å². The summed E-state index contributed by atoms with van der Waals surface area (Å²) in [6.07, 6.45) is 1.75. The van der Waals surface area contributed by atoms with Crippen molar-refractivity contribution >= 4 is 11.6 Å². The average molecular weight is 282 g/mol. The van der Waals surface area contributed by atoms with Crippen LogP contribution < -0.4 is 15.8 Å². The van der Waals surface area contributed by atoms with Crippen molar-refractivity contribution in [2.45, 2.75) is 18.9 Å². The van der Waals surface area contributed by atoms with Gasteiger partial charge in [-0.15, -0.1) is 0 Å². The van der Waals surface area contributed by atoms with E-state index in [0.717, 1.165) is 12.8 Å². The van der Waals surface area contributed by atoms with Crippen LogP contribution in [0.4, 0.5) is 5.69 Å². The van der Waals surface area contributed by atoms with Gasteiger partial charge in [-0.25, -0.2) is 0 Å². The zero-order chi connectivity index (χ0) is 14.8. The van der Waals surface area contributed by atoms with Crippen LogP contribution in [0.25, 0.3) is 0 Å². The number of nitrogens with two attached hydrogens (primary N) is 1. The van der Waals surface area contributed by atoms with Gasteiger partial charge in [0.05, 0.1) is 7.11 Å². The Balaban J connectivity index is 1.72. The zero-order valence-corrected chi connectivity index (χ0v) is 11.9. The van der Waals surface area contributed by atoms with Crippen molar-refractivity contribution in [1.82, 2.24) is 5.32 Å². The van der Waals surface area contributed by atoms with Crippen LogP contribution in [-0.4, -0.2) is 19.1 Å². The van der Waals surface area contributed by atoms with Crippen molar-refractivity contribution in [3.63, 3.8) is 0 Å². The van der Waals surface area contributed by atoms with Crippen molar-refractivity contribution < 1.29 is 9.53 Å². The monoisotopic (exact) mass is 282 g/mol. The fourth-order valence-electron chi connectivity index (χ4n) is 2.80. The minimum Gasteiger partial charge on any atom is -0.497 e. The summed E-state index contributed by atoms with van der Waals surface area (Å²) in [7, 11) is 1.56. The maximum atomic E-state index is 12.3. The van der Waals surface area contributed by atoms with E-state index in [2.05, 4.69) is 17.4 Å². The molecule has 0 unspecified atom stereocenters. The summed E-state index contributed by atoms with van der Waals surface area (Å²) >= 11 is 0. The molecule has 4 heteroatoms. The van der Waals surface area contributed by atoms with E-state index in [1.54, 1.807) is 25.3 Å². The molecule has 1 amide bonds. The molecule has 0 aromatic heterocycles. The Morgan fingerprint density at radius 2 is 1.86 bits per heavy atom. The molecule has 2 aromatic carbocycles. The predicted octanol–water partition coefficient (Wildman–Crippen LogP) is 2.17. The summed E-state index contributed by atoms with van der Waals surface area (Å²) < 4.78 is 5.15. The summed E-state index contributed by atoms with van der Waals surface area (Å²) in [6, 6.07) is 13.5. The fourth-order valence-corrected chi connectivity index (χ4v) is 2.80. The van der Waals surface area contributed by atoms with E-state index in [9.17, 15) is 4.79 Å². The van der Waals surface area contributed by atoms with Gasteiger partial charge < -0.3 is 15.8 Å². The normalized spacial score (nSPS) is 13.8. The van der Waals surface area contributed by atoms with Gasteiger partial charge in [0.1, 0.15) is 5.75 Å². The molecule has 3 rings (SSSR count). The van der Waals surface area contributed by atoms with E-state index in [1.165, 1.54) is 11.1 Å². The highest BCUT2D eigenvalue weighted by Crippen LogP contribution is 2.23. The Labute approximate surface area is 123 Å². The molecule has 0 saturated carbocycles. The van der Waals surface area contributed by atoms with Gasteiger partial charge in [-0.1, -0.05) is 24.3 Å². The summed E-state index contributed by atoms with van der Waals surface area (Å²) in [4.78, 5) is 12.3. The number of amides is 1. The molecule has 0 spiro atoms. The van der Waals surface area contributed by atoms with E-state index >= 15 is 0 Å². The molecule has 0 fully saturated rings. The van der Waals surface area contributed by atoms with Crippen molar-refractivity contribution in [1.29, 1.82) is 0 Å². The number of methoxy groups -OCH3 is 1. The van der Waals surface area contributed by atoms with Gasteiger partial charge in [0.15, 0.2) is 0 Å². The second-order valence-electron chi connectivity index (χ2n) is 5.34. The number of nitrogens with one attached hydrogen (secondary N) is 1. The average Bonchev–Trinajstić information content (AvgIpc) is 2.88. The largest absolute Gasteiger partial charge is 0.497 e. The molecule has 0 atom stereocenters. The predicted molar refractivity (Wildman–Crippen MR) is 82.5 cm³/mol. The molecular weight excluding hydrogens is 264 g/mol. The molecule has 108 valence electrons. The van der Waals surface area contributed by atoms with Crippen molar-refractivity contribution in [3.8, 4) is 5.75 Å². The number of fused-ring (bicyclic) bond motifs is 1. The van der Waals surface area contributed by atoms with E-state index < -0.39 is 0 Å². The highest BCUT2D eigenvalue weighted by atomic mass is 16.5. The first kappa shape index (κ1) is 13.5. The summed E-state index contributed by atoms with van der Waals surface area (Å²) in [6.45, 7) is 0. The lowest BCUT2D eigenvalue weighted by Gasteiger charge is -2.13. The third kappa shape index (κ3) is 2.84. The SMILES string of the molecule is COc1cc(N)cc(C(=O)NC2Cc3ccccc3C2)c1. The van der Waals surface area contributed by atoms with E-state index in [1.807, 2.05) is 12.1 Å². The number of carbonyl (C=O) groups excluding carboxylic acids is 1. The molecular formula is C17H18N2O2. The Bertz CT molecular complexity index is 657.